The molecule has 5 heteroatoms. The van der Waals surface area contributed by atoms with Gasteiger partial charge in [-0.3, -0.25) is 4.90 Å². The van der Waals surface area contributed by atoms with Crippen LogP contribution < -0.4 is 15.2 Å². The van der Waals surface area contributed by atoms with E-state index in [2.05, 4.69) is 11.9 Å². The van der Waals surface area contributed by atoms with Crippen molar-refractivity contribution in [2.75, 3.05) is 26.9 Å². The summed E-state index contributed by atoms with van der Waals surface area (Å²) in [5.41, 5.74) is 7.12. The van der Waals surface area contributed by atoms with E-state index in [9.17, 15) is 0 Å². The van der Waals surface area contributed by atoms with E-state index in [-0.39, 0.29) is 12.8 Å². The predicted molar refractivity (Wildman–Crippen MR) is 84.0 cm³/mol. The van der Waals surface area contributed by atoms with E-state index in [1.165, 1.54) is 25.7 Å². The first kappa shape index (κ1) is 14.9. The summed E-state index contributed by atoms with van der Waals surface area (Å²) in [6.07, 6.45) is 5.40. The van der Waals surface area contributed by atoms with E-state index in [4.69, 9.17) is 26.8 Å². The van der Waals surface area contributed by atoms with Crippen molar-refractivity contribution in [2.45, 2.75) is 31.7 Å². The van der Waals surface area contributed by atoms with Gasteiger partial charge >= 0.3 is 0 Å². The summed E-state index contributed by atoms with van der Waals surface area (Å²) in [6.45, 7) is 1.90. The zero-order valence-corrected chi connectivity index (χ0v) is 13.2. The molecule has 1 fully saturated rings. The molecule has 0 spiro atoms. The zero-order valence-electron chi connectivity index (χ0n) is 12.5. The number of hydrogen-bond donors (Lipinski definition) is 1. The third kappa shape index (κ3) is 3.12. The quantitative estimate of drug-likeness (QED) is 0.907. The van der Waals surface area contributed by atoms with E-state index in [1.807, 2.05) is 12.1 Å². The van der Waals surface area contributed by atoms with E-state index in [1.54, 1.807) is 0 Å². The monoisotopic (exact) mass is 310 g/mol. The number of nitrogens with two attached hydrogens (primary N) is 1. The van der Waals surface area contributed by atoms with Crippen LogP contribution in [0.2, 0.25) is 5.02 Å². The van der Waals surface area contributed by atoms with Gasteiger partial charge in [-0.05, 0) is 43.5 Å². The molecular weight excluding hydrogens is 288 g/mol. The van der Waals surface area contributed by atoms with Gasteiger partial charge in [0.25, 0.3) is 0 Å². The number of fused-ring (bicyclic) bond motifs is 1. The molecule has 21 heavy (non-hydrogen) atoms. The number of likely N-dealkylation sites (N-methyl/N-ethyl adjacent to an activating group) is 1. The molecule has 3 rings (SSSR count). The van der Waals surface area contributed by atoms with Crippen LogP contribution in [-0.2, 0) is 0 Å². The van der Waals surface area contributed by atoms with E-state index >= 15 is 0 Å². The predicted octanol–water partition coefficient (Wildman–Crippen LogP) is 3.19. The van der Waals surface area contributed by atoms with Gasteiger partial charge in [-0.2, -0.15) is 0 Å². The van der Waals surface area contributed by atoms with Crippen LogP contribution in [-0.4, -0.2) is 31.8 Å². The molecule has 0 aromatic heterocycles. The zero-order chi connectivity index (χ0) is 14.8. The molecule has 0 bridgehead atoms. The maximum atomic E-state index is 6.29. The third-order valence-electron chi connectivity index (χ3n) is 4.61. The molecule has 0 amide bonds. The lowest BCUT2D eigenvalue weighted by Crippen LogP contribution is -2.33. The first-order valence-corrected chi connectivity index (χ1v) is 8.06. The standard InChI is InChI=1S/C16H23ClN2O2/c1-19(9-11-4-2-3-5-11)14(8-18)12-6-13(17)16-15(7-12)20-10-21-16/h6-7,11,14H,2-5,8-10,18H2,1H3. The van der Waals surface area contributed by atoms with Gasteiger partial charge in [0, 0.05) is 19.1 Å². The molecule has 0 radical (unpaired) electrons. The van der Waals surface area contributed by atoms with Crippen LogP contribution >= 0.6 is 11.6 Å². The minimum Gasteiger partial charge on any atom is -0.454 e. The number of halogens is 1. The van der Waals surface area contributed by atoms with E-state index < -0.39 is 0 Å². The van der Waals surface area contributed by atoms with Crippen molar-refractivity contribution >= 4 is 11.6 Å². The summed E-state index contributed by atoms with van der Waals surface area (Å²) in [5.74, 6) is 2.17. The van der Waals surface area contributed by atoms with Crippen molar-refractivity contribution in [3.63, 3.8) is 0 Å². The smallest absolute Gasteiger partial charge is 0.231 e. The summed E-state index contributed by atoms with van der Waals surface area (Å²) in [7, 11) is 2.15. The minimum atomic E-state index is 0.164. The average Bonchev–Trinajstić information content (AvgIpc) is 3.10. The lowest BCUT2D eigenvalue weighted by molar-refractivity contribution is 0.173. The maximum absolute atomic E-state index is 6.29. The van der Waals surface area contributed by atoms with Crippen molar-refractivity contribution in [3.8, 4) is 11.5 Å². The summed E-state index contributed by atoms with van der Waals surface area (Å²) in [5, 5.41) is 0.604. The second-order valence-corrected chi connectivity index (χ2v) is 6.49. The molecule has 1 saturated carbocycles. The van der Waals surface area contributed by atoms with Gasteiger partial charge in [0.05, 0.1) is 5.02 Å². The largest absolute Gasteiger partial charge is 0.454 e. The van der Waals surface area contributed by atoms with Crippen molar-refractivity contribution < 1.29 is 9.47 Å². The molecule has 4 nitrogen and oxygen atoms in total. The average molecular weight is 311 g/mol. The highest BCUT2D eigenvalue weighted by molar-refractivity contribution is 6.32. The van der Waals surface area contributed by atoms with Crippen LogP contribution in [0.5, 0.6) is 11.5 Å². The second kappa shape index (κ2) is 6.42. The maximum Gasteiger partial charge on any atom is 0.231 e. The number of hydrogen-bond acceptors (Lipinski definition) is 4. The molecule has 1 atom stereocenters. The summed E-state index contributed by atoms with van der Waals surface area (Å²) >= 11 is 6.29. The second-order valence-electron chi connectivity index (χ2n) is 6.08. The highest BCUT2D eigenvalue weighted by atomic mass is 35.5. The van der Waals surface area contributed by atoms with Crippen LogP contribution in [0.3, 0.4) is 0 Å². The lowest BCUT2D eigenvalue weighted by Gasteiger charge is -2.30. The van der Waals surface area contributed by atoms with Crippen LogP contribution in [0.1, 0.15) is 37.3 Å². The Bertz CT molecular complexity index is 503. The Balaban J connectivity index is 1.77. The SMILES string of the molecule is CN(CC1CCCC1)C(CN)c1cc(Cl)c2c(c1)OCO2. The number of rotatable bonds is 5. The van der Waals surface area contributed by atoms with Gasteiger partial charge in [-0.25, -0.2) is 0 Å². The molecule has 1 aliphatic carbocycles. The third-order valence-corrected chi connectivity index (χ3v) is 4.89. The Morgan fingerprint density at radius 2 is 2.10 bits per heavy atom. The normalized spacial score (nSPS) is 19.4. The van der Waals surface area contributed by atoms with Gasteiger partial charge in [0.1, 0.15) is 0 Å². The summed E-state index contributed by atoms with van der Waals surface area (Å²) in [6, 6.07) is 4.13. The molecule has 2 aliphatic rings. The highest BCUT2D eigenvalue weighted by Gasteiger charge is 2.25. The Morgan fingerprint density at radius 1 is 1.33 bits per heavy atom. The van der Waals surface area contributed by atoms with Crippen LogP contribution in [0.25, 0.3) is 0 Å². The molecule has 0 saturated heterocycles. The highest BCUT2D eigenvalue weighted by Crippen LogP contribution is 2.41. The van der Waals surface area contributed by atoms with Gasteiger partial charge in [0.2, 0.25) is 6.79 Å². The van der Waals surface area contributed by atoms with Crippen LogP contribution in [0.15, 0.2) is 12.1 Å². The first-order valence-electron chi connectivity index (χ1n) is 7.68. The minimum absolute atomic E-state index is 0.164. The van der Waals surface area contributed by atoms with Crippen molar-refractivity contribution in [2.24, 2.45) is 11.7 Å². The van der Waals surface area contributed by atoms with Crippen molar-refractivity contribution in [1.82, 2.24) is 4.90 Å². The number of nitrogens with zero attached hydrogens (tertiary/aromatic N) is 1. The Hall–Kier alpha value is -0.970. The van der Waals surface area contributed by atoms with E-state index in [0.29, 0.717) is 17.3 Å². The molecule has 1 aromatic carbocycles. The topological polar surface area (TPSA) is 47.7 Å². The molecule has 2 N–H and O–H groups in total. The van der Waals surface area contributed by atoms with Crippen molar-refractivity contribution in [3.05, 3.63) is 22.7 Å². The van der Waals surface area contributed by atoms with Gasteiger partial charge < -0.3 is 15.2 Å². The summed E-state index contributed by atoms with van der Waals surface area (Å²) in [4.78, 5) is 2.35. The molecular formula is C16H23ClN2O2. The fourth-order valence-corrected chi connectivity index (χ4v) is 3.75. The van der Waals surface area contributed by atoms with Crippen LogP contribution in [0.4, 0.5) is 0 Å². The number of ether oxygens (including phenoxy) is 2. The number of benzene rings is 1. The fourth-order valence-electron chi connectivity index (χ4n) is 3.48. The molecule has 1 aliphatic heterocycles. The molecule has 116 valence electrons. The Kier molecular flexibility index (Phi) is 4.57. The van der Waals surface area contributed by atoms with Crippen LogP contribution in [0, 0.1) is 5.92 Å². The Labute approximate surface area is 131 Å². The van der Waals surface area contributed by atoms with E-state index in [0.717, 1.165) is 23.8 Å². The first-order chi connectivity index (χ1) is 10.2. The summed E-state index contributed by atoms with van der Waals surface area (Å²) < 4.78 is 10.8. The lowest BCUT2D eigenvalue weighted by atomic mass is 10.0. The fraction of sp³-hybridized carbons (Fsp3) is 0.625. The Morgan fingerprint density at radius 3 is 2.81 bits per heavy atom. The molecule has 1 heterocycles. The molecule has 1 aromatic rings. The van der Waals surface area contributed by atoms with Crippen molar-refractivity contribution in [1.29, 1.82) is 0 Å². The molecule has 1 unspecified atom stereocenters. The van der Waals surface area contributed by atoms with Gasteiger partial charge in [0.15, 0.2) is 11.5 Å². The van der Waals surface area contributed by atoms with Gasteiger partial charge in [-0.15, -0.1) is 0 Å². The van der Waals surface area contributed by atoms with Gasteiger partial charge in [-0.1, -0.05) is 24.4 Å².